The Labute approximate surface area is 160 Å². The highest BCUT2D eigenvalue weighted by Gasteiger charge is 2.14. The van der Waals surface area contributed by atoms with Crippen LogP contribution in [0, 0.1) is 13.8 Å². The first-order chi connectivity index (χ1) is 11.9. The third-order valence-electron chi connectivity index (χ3n) is 3.73. The average molecular weight is 391 g/mol. The molecule has 0 spiro atoms. The molecule has 0 saturated carbocycles. The van der Waals surface area contributed by atoms with Crippen LogP contribution in [0.25, 0.3) is 10.6 Å². The van der Waals surface area contributed by atoms with E-state index in [1.807, 2.05) is 37.4 Å². The van der Waals surface area contributed by atoms with Crippen molar-refractivity contribution in [3.05, 3.63) is 68.6 Å². The van der Waals surface area contributed by atoms with Crippen molar-refractivity contribution in [2.45, 2.75) is 20.3 Å². The van der Waals surface area contributed by atoms with E-state index in [9.17, 15) is 4.79 Å². The maximum absolute atomic E-state index is 12.3. The minimum atomic E-state index is -0.103. The Bertz CT molecular complexity index is 917. The van der Waals surface area contributed by atoms with E-state index in [4.69, 9.17) is 23.2 Å². The Morgan fingerprint density at radius 1 is 1.16 bits per heavy atom. The zero-order valence-corrected chi connectivity index (χ0v) is 16.1. The van der Waals surface area contributed by atoms with Crippen LogP contribution < -0.4 is 5.32 Å². The van der Waals surface area contributed by atoms with E-state index in [1.165, 1.54) is 11.3 Å². The summed E-state index contributed by atoms with van der Waals surface area (Å²) in [5.74, 6) is -0.103. The predicted octanol–water partition coefficient (Wildman–Crippen LogP) is 5.91. The summed E-state index contributed by atoms with van der Waals surface area (Å²) in [7, 11) is 0. The van der Waals surface area contributed by atoms with Crippen LogP contribution >= 0.6 is 34.5 Å². The number of amides is 1. The number of hydrogen-bond acceptors (Lipinski definition) is 3. The molecule has 0 fully saturated rings. The number of carbonyl (C=O) groups excluding carboxylic acids is 1. The van der Waals surface area contributed by atoms with Crippen LogP contribution in [-0.4, -0.2) is 10.9 Å². The Kier molecular flexibility index (Phi) is 5.42. The van der Waals surface area contributed by atoms with Crippen molar-refractivity contribution in [3.8, 4) is 10.6 Å². The van der Waals surface area contributed by atoms with E-state index in [-0.39, 0.29) is 12.3 Å². The molecular formula is C19H16Cl2N2OS. The molecule has 6 heteroatoms. The summed E-state index contributed by atoms with van der Waals surface area (Å²) in [5, 5.41) is 6.60. The van der Waals surface area contributed by atoms with E-state index in [1.54, 1.807) is 18.2 Å². The molecule has 0 radical (unpaired) electrons. The maximum atomic E-state index is 12.3. The lowest BCUT2D eigenvalue weighted by molar-refractivity contribution is -0.115. The average Bonchev–Trinajstić information content (AvgIpc) is 2.98. The fourth-order valence-corrected chi connectivity index (χ4v) is 4.10. The number of benzene rings is 2. The van der Waals surface area contributed by atoms with Crippen molar-refractivity contribution in [2.75, 3.05) is 5.32 Å². The summed E-state index contributed by atoms with van der Waals surface area (Å²) in [5.41, 5.74) is 4.42. The van der Waals surface area contributed by atoms with Crippen molar-refractivity contribution >= 4 is 46.1 Å². The Morgan fingerprint density at radius 2 is 1.88 bits per heavy atom. The van der Waals surface area contributed by atoms with Gasteiger partial charge in [-0.05, 0) is 37.6 Å². The van der Waals surface area contributed by atoms with Crippen LogP contribution in [0.15, 0.2) is 41.8 Å². The second kappa shape index (κ2) is 7.56. The first-order valence-electron chi connectivity index (χ1n) is 7.70. The number of halogens is 2. The molecule has 0 aliphatic carbocycles. The first kappa shape index (κ1) is 17.9. The van der Waals surface area contributed by atoms with Crippen LogP contribution in [0.4, 0.5) is 5.69 Å². The molecule has 1 N–H and O–H groups in total. The van der Waals surface area contributed by atoms with Gasteiger partial charge in [0.15, 0.2) is 0 Å². The van der Waals surface area contributed by atoms with Crippen LogP contribution in [0.2, 0.25) is 10.0 Å². The fourth-order valence-electron chi connectivity index (χ4n) is 2.52. The van der Waals surface area contributed by atoms with Gasteiger partial charge >= 0.3 is 0 Å². The third-order valence-corrected chi connectivity index (χ3v) is 5.26. The quantitative estimate of drug-likeness (QED) is 0.600. The molecule has 3 nitrogen and oxygen atoms in total. The normalized spacial score (nSPS) is 10.7. The van der Waals surface area contributed by atoms with Gasteiger partial charge in [0.25, 0.3) is 0 Å². The molecular weight excluding hydrogens is 375 g/mol. The molecule has 3 rings (SSSR count). The smallest absolute Gasteiger partial charge is 0.230 e. The predicted molar refractivity (Wildman–Crippen MR) is 106 cm³/mol. The molecule has 0 unspecified atom stereocenters. The van der Waals surface area contributed by atoms with Gasteiger partial charge in [-0.1, -0.05) is 47.0 Å². The summed E-state index contributed by atoms with van der Waals surface area (Å²) in [6, 6.07) is 11.3. The number of aryl methyl sites for hydroxylation is 2. The largest absolute Gasteiger partial charge is 0.326 e. The number of aromatic nitrogens is 1. The summed E-state index contributed by atoms with van der Waals surface area (Å²) >= 11 is 13.9. The molecule has 2 aromatic carbocycles. The molecule has 0 saturated heterocycles. The highest BCUT2D eigenvalue weighted by molar-refractivity contribution is 7.13. The number of thiazole rings is 1. The van der Waals surface area contributed by atoms with Gasteiger partial charge in [-0.2, -0.15) is 0 Å². The summed E-state index contributed by atoms with van der Waals surface area (Å²) < 4.78 is 0. The van der Waals surface area contributed by atoms with Crippen molar-refractivity contribution in [2.24, 2.45) is 0 Å². The maximum Gasteiger partial charge on any atom is 0.230 e. The number of anilines is 1. The van der Waals surface area contributed by atoms with Crippen molar-refractivity contribution < 1.29 is 4.79 Å². The van der Waals surface area contributed by atoms with Gasteiger partial charge in [-0.25, -0.2) is 4.98 Å². The van der Waals surface area contributed by atoms with Gasteiger partial charge < -0.3 is 5.32 Å². The van der Waals surface area contributed by atoms with E-state index in [0.717, 1.165) is 16.8 Å². The van der Waals surface area contributed by atoms with Gasteiger partial charge in [-0.3, -0.25) is 4.79 Å². The zero-order valence-electron chi connectivity index (χ0n) is 13.8. The topological polar surface area (TPSA) is 42.0 Å². The lowest BCUT2D eigenvalue weighted by Crippen LogP contribution is -2.15. The SMILES string of the molecule is Cc1ccc(NC(=O)Cc2csc(-c3c(Cl)cccc3Cl)n2)c(C)c1. The third kappa shape index (κ3) is 4.21. The van der Waals surface area contributed by atoms with Crippen molar-refractivity contribution in [1.82, 2.24) is 4.98 Å². The lowest BCUT2D eigenvalue weighted by Gasteiger charge is -2.08. The molecule has 1 heterocycles. The zero-order chi connectivity index (χ0) is 18.0. The highest BCUT2D eigenvalue weighted by atomic mass is 35.5. The van der Waals surface area contributed by atoms with Crippen molar-refractivity contribution in [1.29, 1.82) is 0 Å². The van der Waals surface area contributed by atoms with E-state index in [2.05, 4.69) is 10.3 Å². The van der Waals surface area contributed by atoms with Gasteiger partial charge in [0.2, 0.25) is 5.91 Å². The van der Waals surface area contributed by atoms with Gasteiger partial charge in [0.1, 0.15) is 5.01 Å². The molecule has 0 atom stereocenters. The second-order valence-electron chi connectivity index (χ2n) is 5.78. The molecule has 0 bridgehead atoms. The fraction of sp³-hybridized carbons (Fsp3) is 0.158. The van der Waals surface area contributed by atoms with Gasteiger partial charge in [0.05, 0.1) is 22.2 Å². The number of rotatable bonds is 4. The van der Waals surface area contributed by atoms with Crippen LogP contribution in [-0.2, 0) is 11.2 Å². The lowest BCUT2D eigenvalue weighted by atomic mass is 10.1. The summed E-state index contributed by atoms with van der Waals surface area (Å²) in [4.78, 5) is 16.8. The second-order valence-corrected chi connectivity index (χ2v) is 7.46. The summed E-state index contributed by atoms with van der Waals surface area (Å²) in [6.07, 6.45) is 0.200. The van der Waals surface area contributed by atoms with E-state index < -0.39 is 0 Å². The number of nitrogens with one attached hydrogen (secondary N) is 1. The van der Waals surface area contributed by atoms with Gasteiger partial charge in [-0.15, -0.1) is 11.3 Å². The minimum absolute atomic E-state index is 0.103. The van der Waals surface area contributed by atoms with Crippen LogP contribution in [0.3, 0.4) is 0 Å². The Balaban J connectivity index is 1.74. The molecule has 3 aromatic rings. The standard InChI is InChI=1S/C19H16Cl2N2OS/c1-11-6-7-16(12(2)8-11)23-17(24)9-13-10-25-19(22-13)18-14(20)4-3-5-15(18)21/h3-8,10H,9H2,1-2H3,(H,23,24). The Hall–Kier alpha value is -1.88. The van der Waals surface area contributed by atoms with Gasteiger partial charge in [0, 0.05) is 16.6 Å². The highest BCUT2D eigenvalue weighted by Crippen LogP contribution is 2.36. The molecule has 0 aliphatic heterocycles. The Morgan fingerprint density at radius 3 is 2.56 bits per heavy atom. The molecule has 0 aliphatic rings. The molecule has 25 heavy (non-hydrogen) atoms. The molecule has 1 aromatic heterocycles. The first-order valence-corrected chi connectivity index (χ1v) is 9.33. The number of hydrogen-bond donors (Lipinski definition) is 1. The van der Waals surface area contributed by atoms with E-state index >= 15 is 0 Å². The van der Waals surface area contributed by atoms with Crippen LogP contribution in [0.1, 0.15) is 16.8 Å². The molecule has 1 amide bonds. The van der Waals surface area contributed by atoms with Crippen molar-refractivity contribution in [3.63, 3.8) is 0 Å². The minimum Gasteiger partial charge on any atom is -0.326 e. The molecule has 128 valence electrons. The van der Waals surface area contributed by atoms with E-state index in [0.29, 0.717) is 26.3 Å². The number of carbonyl (C=O) groups is 1. The summed E-state index contributed by atoms with van der Waals surface area (Å²) in [6.45, 7) is 4.00. The number of nitrogens with zero attached hydrogens (tertiary/aromatic N) is 1. The monoisotopic (exact) mass is 390 g/mol. The van der Waals surface area contributed by atoms with Crippen LogP contribution in [0.5, 0.6) is 0 Å².